The molecule has 3 aromatic heterocycles. The number of aliphatic hydroxyl groups excluding tert-OH is 1. The number of carbonyl (C=O) groups is 1. The molecule has 1 atom stereocenters. The normalized spacial score (nSPS) is 12.6. The van der Waals surface area contributed by atoms with Gasteiger partial charge in [0.15, 0.2) is 29.3 Å². The summed E-state index contributed by atoms with van der Waals surface area (Å²) in [7, 11) is 0. The molecule has 3 aromatic rings. The Morgan fingerprint density at radius 3 is 2.54 bits per heavy atom. The van der Waals surface area contributed by atoms with Gasteiger partial charge in [0.2, 0.25) is 5.88 Å². The van der Waals surface area contributed by atoms with E-state index in [1.165, 1.54) is 0 Å². The highest BCUT2D eigenvalue weighted by molar-refractivity contribution is 6.30. The van der Waals surface area contributed by atoms with Crippen molar-refractivity contribution in [2.75, 3.05) is 0 Å². The number of rotatable bonds is 8. The van der Waals surface area contributed by atoms with Crippen molar-refractivity contribution >= 4 is 17.4 Å². The van der Waals surface area contributed by atoms with Gasteiger partial charge in [0.05, 0.1) is 11.8 Å². The van der Waals surface area contributed by atoms with Crippen molar-refractivity contribution in [3.05, 3.63) is 62.6 Å². The number of alkyl halides is 3. The lowest BCUT2D eigenvalue weighted by Gasteiger charge is -2.19. The first kappa shape index (κ1) is 26.2. The van der Waals surface area contributed by atoms with Crippen LogP contribution in [0.2, 0.25) is 5.15 Å². The number of ketones is 1. The minimum Gasteiger partial charge on any atom is -0.464 e. The van der Waals surface area contributed by atoms with E-state index in [2.05, 4.69) is 15.1 Å². The second-order valence-electron chi connectivity index (χ2n) is 7.16. The van der Waals surface area contributed by atoms with Crippen LogP contribution in [0.15, 0.2) is 23.1 Å². The first-order valence-electron chi connectivity index (χ1n) is 9.94. The zero-order valence-corrected chi connectivity index (χ0v) is 18.9. The molecule has 35 heavy (non-hydrogen) atoms. The largest absolute Gasteiger partial charge is 0.464 e. The van der Waals surface area contributed by atoms with Crippen molar-refractivity contribution < 1.29 is 36.6 Å². The Hall–Kier alpha value is -3.39. The molecule has 0 spiro atoms. The molecule has 1 N–H and O–H groups in total. The van der Waals surface area contributed by atoms with E-state index >= 15 is 0 Å². The molecule has 0 unspecified atom stereocenters. The standard InChI is InChI=1S/C20H17ClF5N5O4/c1-3-30-15(8-32)29-31(19(30)34)17-13(23)6-12(18(28-17)35-9(2)20(24,25)26)14(33)5-10-4-11(22)7-27-16(10)21/h4,6-7,9,32H,3,5,8H2,1-2H3/t9-/m0/s1. The van der Waals surface area contributed by atoms with Crippen molar-refractivity contribution in [1.82, 2.24) is 24.3 Å². The van der Waals surface area contributed by atoms with Crippen LogP contribution >= 0.6 is 11.6 Å². The molecule has 188 valence electrons. The van der Waals surface area contributed by atoms with Crippen molar-refractivity contribution in [2.45, 2.75) is 45.7 Å². The van der Waals surface area contributed by atoms with Crippen LogP contribution in [-0.4, -0.2) is 47.5 Å². The Labute approximate surface area is 198 Å². The Balaban J connectivity index is 2.14. The molecule has 3 rings (SSSR count). The van der Waals surface area contributed by atoms with E-state index in [-0.39, 0.29) is 23.1 Å². The van der Waals surface area contributed by atoms with Crippen molar-refractivity contribution in [3.8, 4) is 11.7 Å². The van der Waals surface area contributed by atoms with Crippen molar-refractivity contribution in [3.63, 3.8) is 0 Å². The summed E-state index contributed by atoms with van der Waals surface area (Å²) in [5.41, 5.74) is -1.76. The van der Waals surface area contributed by atoms with Crippen LogP contribution in [-0.2, 0) is 19.6 Å². The van der Waals surface area contributed by atoms with E-state index in [1.807, 2.05) is 0 Å². The minimum atomic E-state index is -4.88. The van der Waals surface area contributed by atoms with Gasteiger partial charge in [-0.3, -0.25) is 9.36 Å². The summed E-state index contributed by atoms with van der Waals surface area (Å²) in [5, 5.41) is 12.9. The summed E-state index contributed by atoms with van der Waals surface area (Å²) < 4.78 is 74.2. The number of hydrogen-bond donors (Lipinski definition) is 1. The van der Waals surface area contributed by atoms with Gasteiger partial charge in [-0.15, -0.1) is 5.10 Å². The molecular formula is C20H17ClF5N5O4. The molecule has 3 heterocycles. The first-order chi connectivity index (χ1) is 16.4. The van der Waals surface area contributed by atoms with Gasteiger partial charge in [0.25, 0.3) is 0 Å². The topological polar surface area (TPSA) is 112 Å². The van der Waals surface area contributed by atoms with E-state index in [1.54, 1.807) is 6.92 Å². The highest BCUT2D eigenvalue weighted by atomic mass is 35.5. The van der Waals surface area contributed by atoms with Crippen molar-refractivity contribution in [1.29, 1.82) is 0 Å². The third-order valence-electron chi connectivity index (χ3n) is 4.80. The Morgan fingerprint density at radius 1 is 1.29 bits per heavy atom. The van der Waals surface area contributed by atoms with E-state index in [4.69, 9.17) is 16.3 Å². The molecule has 0 radical (unpaired) electrons. The number of Topliss-reactive ketones (excluding diaryl/α,β-unsaturated/α-hetero) is 1. The second kappa shape index (κ2) is 10.1. The third kappa shape index (κ3) is 5.48. The third-order valence-corrected chi connectivity index (χ3v) is 5.14. The lowest BCUT2D eigenvalue weighted by Crippen LogP contribution is -2.32. The fourth-order valence-electron chi connectivity index (χ4n) is 3.00. The van der Waals surface area contributed by atoms with Crippen LogP contribution < -0.4 is 10.4 Å². The molecule has 0 fully saturated rings. The minimum absolute atomic E-state index is 0.0454. The molecule has 15 heteroatoms. The maximum atomic E-state index is 15.0. The molecule has 0 amide bonds. The zero-order chi connectivity index (χ0) is 26.1. The fourth-order valence-corrected chi connectivity index (χ4v) is 3.17. The van der Waals surface area contributed by atoms with Gasteiger partial charge in [-0.05, 0) is 26.0 Å². The monoisotopic (exact) mass is 521 g/mol. The van der Waals surface area contributed by atoms with Gasteiger partial charge in [0, 0.05) is 18.5 Å². The smallest absolute Gasteiger partial charge is 0.425 e. The van der Waals surface area contributed by atoms with Crippen LogP contribution in [0.5, 0.6) is 5.88 Å². The lowest BCUT2D eigenvalue weighted by atomic mass is 10.0. The fraction of sp³-hybridized carbons (Fsp3) is 0.350. The quantitative estimate of drug-likeness (QED) is 0.275. The van der Waals surface area contributed by atoms with Crippen LogP contribution in [0, 0.1) is 11.6 Å². The highest BCUT2D eigenvalue weighted by Gasteiger charge is 2.39. The predicted octanol–water partition coefficient (Wildman–Crippen LogP) is 3.02. The number of aromatic nitrogens is 5. The van der Waals surface area contributed by atoms with Gasteiger partial charge >= 0.3 is 11.9 Å². The van der Waals surface area contributed by atoms with Gasteiger partial charge in [-0.25, -0.2) is 18.6 Å². The van der Waals surface area contributed by atoms with E-state index < -0.39 is 65.7 Å². The highest BCUT2D eigenvalue weighted by Crippen LogP contribution is 2.29. The van der Waals surface area contributed by atoms with Crippen LogP contribution in [0.25, 0.3) is 5.82 Å². The maximum absolute atomic E-state index is 15.0. The summed E-state index contributed by atoms with van der Waals surface area (Å²) in [6, 6.07) is 1.41. The predicted molar refractivity (Wildman–Crippen MR) is 111 cm³/mol. The molecular weight excluding hydrogens is 505 g/mol. The van der Waals surface area contributed by atoms with Crippen LogP contribution in [0.3, 0.4) is 0 Å². The molecule has 0 aliphatic rings. The number of ether oxygens (including phenoxy) is 1. The number of carbonyl (C=O) groups excluding carboxylic acids is 1. The second-order valence-corrected chi connectivity index (χ2v) is 7.52. The van der Waals surface area contributed by atoms with Crippen molar-refractivity contribution in [2.24, 2.45) is 0 Å². The summed E-state index contributed by atoms with van der Waals surface area (Å²) in [6.07, 6.45) is -7.23. The van der Waals surface area contributed by atoms with Gasteiger partial charge in [-0.1, -0.05) is 11.6 Å². The molecule has 0 bridgehead atoms. The van der Waals surface area contributed by atoms with Gasteiger partial charge in [0.1, 0.15) is 17.6 Å². The number of halogens is 6. The average Bonchev–Trinajstić information content (AvgIpc) is 3.11. The average molecular weight is 522 g/mol. The SMILES string of the molecule is CCn1c(CO)nn(-c2nc(O[C@@H](C)C(F)(F)F)c(C(=O)Cc3cc(F)cnc3Cl)cc2F)c1=O. The summed E-state index contributed by atoms with van der Waals surface area (Å²) in [5.74, 6) is -5.09. The molecule has 0 aliphatic carbocycles. The van der Waals surface area contributed by atoms with E-state index in [0.29, 0.717) is 17.7 Å². The first-order valence-corrected chi connectivity index (χ1v) is 10.3. The summed E-state index contributed by atoms with van der Waals surface area (Å²) in [4.78, 5) is 32.6. The lowest BCUT2D eigenvalue weighted by molar-refractivity contribution is -0.190. The van der Waals surface area contributed by atoms with Gasteiger partial charge < -0.3 is 9.84 Å². The molecule has 9 nitrogen and oxygen atoms in total. The summed E-state index contributed by atoms with van der Waals surface area (Å²) >= 11 is 5.84. The Bertz CT molecular complexity index is 1320. The molecule has 0 saturated heterocycles. The Morgan fingerprint density at radius 2 is 1.97 bits per heavy atom. The number of aliphatic hydroxyl groups is 1. The summed E-state index contributed by atoms with van der Waals surface area (Å²) in [6.45, 7) is 1.53. The number of nitrogens with zero attached hydrogens (tertiary/aromatic N) is 5. The maximum Gasteiger partial charge on any atom is 0.425 e. The van der Waals surface area contributed by atoms with Crippen LogP contribution in [0.1, 0.15) is 35.6 Å². The Kier molecular flexibility index (Phi) is 7.55. The molecule has 0 saturated carbocycles. The van der Waals surface area contributed by atoms with Gasteiger partial charge in [-0.2, -0.15) is 22.8 Å². The van der Waals surface area contributed by atoms with Crippen LogP contribution in [0.4, 0.5) is 22.0 Å². The van der Waals surface area contributed by atoms with E-state index in [0.717, 1.165) is 16.8 Å². The number of hydrogen-bond acceptors (Lipinski definition) is 7. The zero-order valence-electron chi connectivity index (χ0n) is 18.1. The molecule has 0 aliphatic heterocycles. The van der Waals surface area contributed by atoms with E-state index in [9.17, 15) is 36.6 Å². The number of pyridine rings is 2. The molecule has 0 aromatic carbocycles.